The molecule has 4 heteroatoms. The molecule has 0 fully saturated rings. The quantitative estimate of drug-likeness (QED) is 0.789. The van der Waals surface area contributed by atoms with Crippen molar-refractivity contribution in [3.63, 3.8) is 0 Å². The molecule has 0 radical (unpaired) electrons. The second-order valence-electron chi connectivity index (χ2n) is 4.84. The molecule has 0 saturated carbocycles. The SMILES string of the molecule is CCC1C=CCN1C(=O)Cn1cc2ccccc2n1. The van der Waals surface area contributed by atoms with E-state index in [2.05, 4.69) is 24.2 Å². The van der Waals surface area contributed by atoms with E-state index < -0.39 is 0 Å². The van der Waals surface area contributed by atoms with Gasteiger partial charge in [-0.2, -0.15) is 5.10 Å². The van der Waals surface area contributed by atoms with Crippen LogP contribution in [0.1, 0.15) is 13.3 Å². The van der Waals surface area contributed by atoms with Crippen LogP contribution in [0.2, 0.25) is 0 Å². The monoisotopic (exact) mass is 255 g/mol. The smallest absolute Gasteiger partial charge is 0.245 e. The Kier molecular flexibility index (Phi) is 3.07. The molecule has 1 atom stereocenters. The summed E-state index contributed by atoms with van der Waals surface area (Å²) in [6.45, 7) is 3.13. The average Bonchev–Trinajstić information content (AvgIpc) is 3.03. The Labute approximate surface area is 112 Å². The second-order valence-corrected chi connectivity index (χ2v) is 4.84. The fraction of sp³-hybridized carbons (Fsp3) is 0.333. The minimum absolute atomic E-state index is 0.129. The summed E-state index contributed by atoms with van der Waals surface area (Å²) < 4.78 is 1.73. The average molecular weight is 255 g/mol. The Morgan fingerprint density at radius 1 is 1.42 bits per heavy atom. The fourth-order valence-electron chi connectivity index (χ4n) is 2.54. The number of aromatic nitrogens is 2. The largest absolute Gasteiger partial charge is 0.331 e. The van der Waals surface area contributed by atoms with Gasteiger partial charge in [0.05, 0.1) is 11.6 Å². The molecule has 0 saturated heterocycles. The zero-order valence-electron chi connectivity index (χ0n) is 11.0. The van der Waals surface area contributed by atoms with Crippen LogP contribution in [0.4, 0.5) is 0 Å². The maximum atomic E-state index is 12.3. The Balaban J connectivity index is 1.75. The van der Waals surface area contributed by atoms with E-state index in [9.17, 15) is 4.79 Å². The molecule has 0 bridgehead atoms. The molecule has 3 rings (SSSR count). The maximum absolute atomic E-state index is 12.3. The molecule has 0 aliphatic carbocycles. The normalized spacial score (nSPS) is 18.4. The highest BCUT2D eigenvalue weighted by molar-refractivity contribution is 5.80. The van der Waals surface area contributed by atoms with Gasteiger partial charge < -0.3 is 4.90 Å². The van der Waals surface area contributed by atoms with Gasteiger partial charge >= 0.3 is 0 Å². The summed E-state index contributed by atoms with van der Waals surface area (Å²) in [5, 5.41) is 5.49. The number of fused-ring (bicyclic) bond motifs is 1. The Bertz CT molecular complexity index is 596. The first kappa shape index (κ1) is 12.0. The first-order valence-corrected chi connectivity index (χ1v) is 6.66. The van der Waals surface area contributed by atoms with Gasteiger partial charge in [-0.25, -0.2) is 0 Å². The third kappa shape index (κ3) is 2.26. The van der Waals surface area contributed by atoms with E-state index in [0.29, 0.717) is 6.54 Å². The van der Waals surface area contributed by atoms with Crippen LogP contribution < -0.4 is 0 Å². The summed E-state index contributed by atoms with van der Waals surface area (Å²) in [6, 6.07) is 8.16. The molecule has 1 aromatic carbocycles. The number of amides is 1. The number of rotatable bonds is 3. The van der Waals surface area contributed by atoms with E-state index in [0.717, 1.165) is 23.9 Å². The van der Waals surface area contributed by atoms with Gasteiger partial charge in [0.25, 0.3) is 0 Å². The summed E-state index contributed by atoms with van der Waals surface area (Å²) in [5.74, 6) is 0.129. The topological polar surface area (TPSA) is 38.1 Å². The minimum atomic E-state index is 0.129. The van der Waals surface area contributed by atoms with Gasteiger partial charge in [-0.1, -0.05) is 37.3 Å². The second kappa shape index (κ2) is 4.88. The molecule has 2 aromatic rings. The number of carbonyl (C=O) groups is 1. The molecule has 1 aromatic heterocycles. The van der Waals surface area contributed by atoms with Gasteiger partial charge in [0, 0.05) is 18.1 Å². The Morgan fingerprint density at radius 3 is 3.05 bits per heavy atom. The lowest BCUT2D eigenvalue weighted by Crippen LogP contribution is -2.38. The number of nitrogens with zero attached hydrogens (tertiary/aromatic N) is 3. The van der Waals surface area contributed by atoms with E-state index in [-0.39, 0.29) is 11.9 Å². The molecular weight excluding hydrogens is 238 g/mol. The fourth-order valence-corrected chi connectivity index (χ4v) is 2.54. The van der Waals surface area contributed by atoms with Crippen LogP contribution in [0.5, 0.6) is 0 Å². The summed E-state index contributed by atoms with van der Waals surface area (Å²) >= 11 is 0. The van der Waals surface area contributed by atoms with E-state index in [4.69, 9.17) is 0 Å². The van der Waals surface area contributed by atoms with Crippen molar-refractivity contribution < 1.29 is 4.79 Å². The van der Waals surface area contributed by atoms with E-state index in [1.807, 2.05) is 35.4 Å². The number of carbonyl (C=O) groups excluding carboxylic acids is 1. The molecule has 19 heavy (non-hydrogen) atoms. The molecule has 1 unspecified atom stereocenters. The lowest BCUT2D eigenvalue weighted by Gasteiger charge is -2.23. The van der Waals surface area contributed by atoms with Crippen molar-refractivity contribution in [1.82, 2.24) is 14.7 Å². The van der Waals surface area contributed by atoms with Crippen LogP contribution in [0.15, 0.2) is 42.6 Å². The predicted molar refractivity (Wildman–Crippen MR) is 74.7 cm³/mol. The molecule has 98 valence electrons. The van der Waals surface area contributed by atoms with Gasteiger partial charge in [-0.3, -0.25) is 9.48 Å². The third-order valence-corrected chi connectivity index (χ3v) is 3.56. The lowest BCUT2D eigenvalue weighted by molar-refractivity contribution is -0.132. The standard InChI is InChI=1S/C15H17N3O/c1-2-13-7-5-9-18(13)15(19)11-17-10-12-6-3-4-8-14(12)16-17/h3-8,10,13H,2,9,11H2,1H3. The van der Waals surface area contributed by atoms with Crippen LogP contribution in [-0.2, 0) is 11.3 Å². The Hall–Kier alpha value is -2.10. The van der Waals surface area contributed by atoms with Crippen molar-refractivity contribution in [2.24, 2.45) is 0 Å². The van der Waals surface area contributed by atoms with Gasteiger partial charge in [-0.05, 0) is 12.5 Å². The third-order valence-electron chi connectivity index (χ3n) is 3.56. The zero-order chi connectivity index (χ0) is 13.2. The molecule has 0 N–H and O–H groups in total. The molecule has 1 amide bonds. The zero-order valence-corrected chi connectivity index (χ0v) is 11.0. The van der Waals surface area contributed by atoms with E-state index in [1.54, 1.807) is 4.68 Å². The molecular formula is C15H17N3O. The molecule has 1 aliphatic rings. The first-order chi connectivity index (χ1) is 9.28. The highest BCUT2D eigenvalue weighted by Crippen LogP contribution is 2.15. The Morgan fingerprint density at radius 2 is 2.26 bits per heavy atom. The summed E-state index contributed by atoms with van der Waals surface area (Å²) in [4.78, 5) is 14.2. The van der Waals surface area contributed by atoms with Crippen LogP contribution >= 0.6 is 0 Å². The number of benzene rings is 1. The van der Waals surface area contributed by atoms with Crippen molar-refractivity contribution >= 4 is 16.8 Å². The first-order valence-electron chi connectivity index (χ1n) is 6.66. The molecule has 1 aliphatic heterocycles. The predicted octanol–water partition coefficient (Wildman–Crippen LogP) is 2.21. The number of hydrogen-bond donors (Lipinski definition) is 0. The van der Waals surface area contributed by atoms with E-state index in [1.165, 1.54) is 0 Å². The van der Waals surface area contributed by atoms with Crippen molar-refractivity contribution in [1.29, 1.82) is 0 Å². The van der Waals surface area contributed by atoms with Crippen molar-refractivity contribution in [3.8, 4) is 0 Å². The van der Waals surface area contributed by atoms with Gasteiger partial charge in [0.1, 0.15) is 6.54 Å². The van der Waals surface area contributed by atoms with Crippen LogP contribution in [0.25, 0.3) is 10.9 Å². The van der Waals surface area contributed by atoms with Gasteiger partial charge in [0.2, 0.25) is 5.91 Å². The molecule has 2 heterocycles. The lowest BCUT2D eigenvalue weighted by atomic mass is 10.2. The van der Waals surface area contributed by atoms with E-state index >= 15 is 0 Å². The summed E-state index contributed by atoms with van der Waals surface area (Å²) in [6.07, 6.45) is 7.06. The van der Waals surface area contributed by atoms with Crippen molar-refractivity contribution in [2.75, 3.05) is 6.54 Å². The number of hydrogen-bond acceptors (Lipinski definition) is 2. The highest BCUT2D eigenvalue weighted by atomic mass is 16.2. The molecule has 0 spiro atoms. The van der Waals surface area contributed by atoms with Crippen molar-refractivity contribution in [3.05, 3.63) is 42.6 Å². The van der Waals surface area contributed by atoms with Gasteiger partial charge in [0.15, 0.2) is 0 Å². The minimum Gasteiger partial charge on any atom is -0.331 e. The van der Waals surface area contributed by atoms with Crippen LogP contribution in [0, 0.1) is 0 Å². The summed E-state index contributed by atoms with van der Waals surface area (Å²) in [7, 11) is 0. The summed E-state index contributed by atoms with van der Waals surface area (Å²) in [5.41, 5.74) is 0.932. The van der Waals surface area contributed by atoms with Crippen LogP contribution in [0.3, 0.4) is 0 Å². The van der Waals surface area contributed by atoms with Crippen LogP contribution in [-0.4, -0.2) is 33.2 Å². The van der Waals surface area contributed by atoms with Gasteiger partial charge in [-0.15, -0.1) is 0 Å². The van der Waals surface area contributed by atoms with Crippen molar-refractivity contribution in [2.45, 2.75) is 25.9 Å². The maximum Gasteiger partial charge on any atom is 0.245 e. The molecule has 4 nitrogen and oxygen atoms in total. The highest BCUT2D eigenvalue weighted by Gasteiger charge is 2.23.